The van der Waals surface area contributed by atoms with Crippen molar-refractivity contribution in [1.29, 1.82) is 0 Å². The number of ether oxygens (including phenoxy) is 1. The minimum Gasteiger partial charge on any atom is -0.394 e. The lowest BCUT2D eigenvalue weighted by Gasteiger charge is -2.47. The number of hydrogen-bond acceptors (Lipinski definition) is 6. The van der Waals surface area contributed by atoms with E-state index in [1.807, 2.05) is 20.0 Å². The summed E-state index contributed by atoms with van der Waals surface area (Å²) in [7, 11) is 2.01. The lowest BCUT2D eigenvalue weighted by atomic mass is 9.96. The quantitative estimate of drug-likeness (QED) is 0.729. The van der Waals surface area contributed by atoms with Gasteiger partial charge in [-0.2, -0.15) is 0 Å². The molecule has 6 nitrogen and oxygen atoms in total. The molecule has 2 atom stereocenters. The molecule has 0 saturated carbocycles. The second-order valence-corrected chi connectivity index (χ2v) is 5.84. The normalized spacial score (nSPS) is 26.8. The number of anilines is 1. The predicted molar refractivity (Wildman–Crippen MR) is 81.2 cm³/mol. The van der Waals surface area contributed by atoms with Gasteiger partial charge >= 0.3 is 0 Å². The number of aliphatic hydroxyl groups is 2. The molecule has 1 aromatic heterocycles. The first-order chi connectivity index (χ1) is 10.0. The monoisotopic (exact) mass is 295 g/mol. The summed E-state index contributed by atoms with van der Waals surface area (Å²) in [5.74, 6) is 0.737. The maximum Gasteiger partial charge on any atom is 0.129 e. The molecule has 1 aromatic rings. The van der Waals surface area contributed by atoms with Crippen molar-refractivity contribution in [3.05, 3.63) is 23.4 Å². The Morgan fingerprint density at radius 2 is 2.24 bits per heavy atom. The maximum absolute atomic E-state index is 9.86. The van der Waals surface area contributed by atoms with E-state index in [4.69, 9.17) is 4.74 Å². The highest BCUT2D eigenvalue weighted by atomic mass is 16.5. The molecule has 118 valence electrons. The van der Waals surface area contributed by atoms with E-state index >= 15 is 0 Å². The van der Waals surface area contributed by atoms with Crippen LogP contribution >= 0.6 is 0 Å². The second kappa shape index (κ2) is 6.70. The van der Waals surface area contributed by atoms with Gasteiger partial charge in [0, 0.05) is 12.6 Å². The third-order valence-electron chi connectivity index (χ3n) is 4.34. The third-order valence-corrected chi connectivity index (χ3v) is 4.34. The molecule has 1 aliphatic rings. The first-order valence-corrected chi connectivity index (χ1v) is 7.25. The Morgan fingerprint density at radius 1 is 1.48 bits per heavy atom. The number of nitrogens with one attached hydrogen (secondary N) is 1. The standard InChI is InChI=1S/C15H25N3O3/c1-11-4-5-13(6-19)17-14(11)16-8-15(9-20)10-21-7-12(2)18(15)3/h4-5,12,19-20H,6-10H2,1-3H3,(H,16,17)/t12-,15+/m1/s1. The van der Waals surface area contributed by atoms with Crippen molar-refractivity contribution in [2.75, 3.05) is 38.7 Å². The Hall–Kier alpha value is -1.21. The van der Waals surface area contributed by atoms with Crippen LogP contribution in [0.5, 0.6) is 0 Å². The first-order valence-electron chi connectivity index (χ1n) is 7.25. The zero-order chi connectivity index (χ0) is 15.5. The summed E-state index contributed by atoms with van der Waals surface area (Å²) in [6.45, 7) is 5.67. The molecule has 0 aliphatic carbocycles. The van der Waals surface area contributed by atoms with Gasteiger partial charge in [0.15, 0.2) is 0 Å². The summed E-state index contributed by atoms with van der Waals surface area (Å²) in [6, 6.07) is 3.99. The summed E-state index contributed by atoms with van der Waals surface area (Å²) >= 11 is 0. The van der Waals surface area contributed by atoms with Crippen LogP contribution in [0, 0.1) is 6.92 Å². The van der Waals surface area contributed by atoms with Crippen molar-refractivity contribution in [2.45, 2.75) is 32.0 Å². The molecule has 0 amide bonds. The molecule has 0 bridgehead atoms. The second-order valence-electron chi connectivity index (χ2n) is 5.84. The summed E-state index contributed by atoms with van der Waals surface area (Å²) in [4.78, 5) is 6.54. The van der Waals surface area contributed by atoms with Crippen LogP contribution in [-0.4, -0.2) is 65.1 Å². The van der Waals surface area contributed by atoms with Gasteiger partial charge in [0.25, 0.3) is 0 Å². The van der Waals surface area contributed by atoms with Gasteiger partial charge in [-0.25, -0.2) is 4.98 Å². The number of aliphatic hydroxyl groups excluding tert-OH is 2. The Labute approximate surface area is 125 Å². The van der Waals surface area contributed by atoms with E-state index in [1.165, 1.54) is 0 Å². The first kappa shape index (κ1) is 16.2. The average molecular weight is 295 g/mol. The molecule has 0 unspecified atom stereocenters. The Kier molecular flexibility index (Phi) is 5.16. The van der Waals surface area contributed by atoms with Crippen LogP contribution in [0.4, 0.5) is 5.82 Å². The largest absolute Gasteiger partial charge is 0.394 e. The van der Waals surface area contributed by atoms with Gasteiger partial charge in [0.05, 0.1) is 37.7 Å². The number of morpholine rings is 1. The fraction of sp³-hybridized carbons (Fsp3) is 0.667. The topological polar surface area (TPSA) is 77.9 Å². The summed E-state index contributed by atoms with van der Waals surface area (Å²) < 4.78 is 5.62. The molecule has 1 saturated heterocycles. The van der Waals surface area contributed by atoms with Crippen LogP contribution in [0.3, 0.4) is 0 Å². The fourth-order valence-corrected chi connectivity index (χ4v) is 2.57. The molecule has 1 aliphatic heterocycles. The molecule has 2 rings (SSSR count). The van der Waals surface area contributed by atoms with Crippen LogP contribution in [0.2, 0.25) is 0 Å². The minimum absolute atomic E-state index is 0.0135. The number of likely N-dealkylation sites (N-methyl/N-ethyl adjacent to an activating group) is 1. The van der Waals surface area contributed by atoms with Crippen molar-refractivity contribution in [1.82, 2.24) is 9.88 Å². The molecule has 1 fully saturated rings. The van der Waals surface area contributed by atoms with Crippen molar-refractivity contribution in [2.24, 2.45) is 0 Å². The zero-order valence-corrected chi connectivity index (χ0v) is 13.0. The van der Waals surface area contributed by atoms with E-state index in [0.717, 1.165) is 11.4 Å². The molecule has 21 heavy (non-hydrogen) atoms. The molecule has 6 heteroatoms. The van der Waals surface area contributed by atoms with Gasteiger partial charge in [-0.1, -0.05) is 6.07 Å². The van der Waals surface area contributed by atoms with Gasteiger partial charge < -0.3 is 20.3 Å². The molecular weight excluding hydrogens is 270 g/mol. The molecular formula is C15H25N3O3. The highest BCUT2D eigenvalue weighted by Gasteiger charge is 2.40. The van der Waals surface area contributed by atoms with E-state index in [1.54, 1.807) is 6.07 Å². The number of nitrogens with zero attached hydrogens (tertiary/aromatic N) is 2. The van der Waals surface area contributed by atoms with E-state index in [2.05, 4.69) is 22.1 Å². The van der Waals surface area contributed by atoms with Crippen molar-refractivity contribution in [3.8, 4) is 0 Å². The highest BCUT2D eigenvalue weighted by Crippen LogP contribution is 2.23. The Morgan fingerprint density at radius 3 is 2.90 bits per heavy atom. The van der Waals surface area contributed by atoms with Gasteiger partial charge in [0.1, 0.15) is 5.82 Å². The molecule has 2 heterocycles. The average Bonchev–Trinajstić information content (AvgIpc) is 2.50. The molecule has 0 spiro atoms. The number of rotatable bonds is 5. The van der Waals surface area contributed by atoms with E-state index in [-0.39, 0.29) is 19.3 Å². The Bertz CT molecular complexity index is 483. The summed E-state index contributed by atoms with van der Waals surface area (Å²) in [6.07, 6.45) is 0. The van der Waals surface area contributed by atoms with Crippen LogP contribution in [0.25, 0.3) is 0 Å². The van der Waals surface area contributed by atoms with Crippen LogP contribution in [0.1, 0.15) is 18.2 Å². The van der Waals surface area contributed by atoms with Crippen LogP contribution < -0.4 is 5.32 Å². The highest BCUT2D eigenvalue weighted by molar-refractivity contribution is 5.44. The summed E-state index contributed by atoms with van der Waals surface area (Å²) in [5, 5.41) is 22.3. The van der Waals surface area contributed by atoms with Crippen molar-refractivity contribution < 1.29 is 14.9 Å². The van der Waals surface area contributed by atoms with Gasteiger partial charge in [-0.05, 0) is 32.5 Å². The van der Waals surface area contributed by atoms with Crippen LogP contribution in [0.15, 0.2) is 12.1 Å². The van der Waals surface area contributed by atoms with Crippen molar-refractivity contribution in [3.63, 3.8) is 0 Å². The van der Waals surface area contributed by atoms with Gasteiger partial charge in [0.2, 0.25) is 0 Å². The minimum atomic E-state index is -0.457. The van der Waals surface area contributed by atoms with E-state index in [9.17, 15) is 10.2 Å². The smallest absolute Gasteiger partial charge is 0.129 e. The number of aryl methyl sites for hydroxylation is 1. The summed E-state index contributed by atoms with van der Waals surface area (Å²) in [5.41, 5.74) is 1.18. The van der Waals surface area contributed by atoms with E-state index in [0.29, 0.717) is 25.5 Å². The Balaban J connectivity index is 2.13. The maximum atomic E-state index is 9.86. The predicted octanol–water partition coefficient (Wildman–Crippen LogP) is 0.376. The zero-order valence-electron chi connectivity index (χ0n) is 13.0. The molecule has 0 radical (unpaired) electrons. The number of pyridine rings is 1. The SMILES string of the molecule is Cc1ccc(CO)nc1NC[C@]1(CO)COC[C@@H](C)N1C. The van der Waals surface area contributed by atoms with Crippen molar-refractivity contribution >= 4 is 5.82 Å². The van der Waals surface area contributed by atoms with Crippen LogP contribution in [-0.2, 0) is 11.3 Å². The number of hydrogen-bond donors (Lipinski definition) is 3. The number of aromatic nitrogens is 1. The van der Waals surface area contributed by atoms with Gasteiger partial charge in [-0.15, -0.1) is 0 Å². The third kappa shape index (κ3) is 3.35. The molecule has 0 aromatic carbocycles. The van der Waals surface area contributed by atoms with Gasteiger partial charge in [-0.3, -0.25) is 4.90 Å². The lowest BCUT2D eigenvalue weighted by Crippen LogP contribution is -2.64. The lowest BCUT2D eigenvalue weighted by molar-refractivity contribution is -0.101. The molecule has 3 N–H and O–H groups in total. The fourth-order valence-electron chi connectivity index (χ4n) is 2.57. The van der Waals surface area contributed by atoms with E-state index < -0.39 is 5.54 Å².